The number of nitrogens with one attached hydrogen (secondary N) is 1. The maximum atomic E-state index is 12.3. The maximum absolute atomic E-state index is 12.3. The van der Waals surface area contributed by atoms with Crippen molar-refractivity contribution in [2.45, 2.75) is 12.5 Å². The van der Waals surface area contributed by atoms with Crippen LogP contribution in [-0.4, -0.2) is 25.0 Å². The van der Waals surface area contributed by atoms with Gasteiger partial charge in [0.1, 0.15) is 6.04 Å². The Morgan fingerprint density at radius 2 is 1.91 bits per heavy atom. The van der Waals surface area contributed by atoms with E-state index < -0.39 is 12.0 Å². The molecule has 0 unspecified atom stereocenters. The number of hydrogen-bond donors (Lipinski definition) is 1. The molecule has 0 aliphatic heterocycles. The van der Waals surface area contributed by atoms with Gasteiger partial charge in [-0.2, -0.15) is 0 Å². The molecule has 0 aliphatic carbocycles. The molecular formula is C17H15BrINO3. The Kier molecular flexibility index (Phi) is 6.59. The molecule has 0 bridgehead atoms. The number of esters is 1. The lowest BCUT2D eigenvalue weighted by Crippen LogP contribution is -2.43. The summed E-state index contributed by atoms with van der Waals surface area (Å²) in [5, 5.41) is 2.74. The summed E-state index contributed by atoms with van der Waals surface area (Å²) in [5.41, 5.74) is 1.44. The quantitative estimate of drug-likeness (QED) is 0.518. The Labute approximate surface area is 156 Å². The van der Waals surface area contributed by atoms with Crippen molar-refractivity contribution in [2.24, 2.45) is 0 Å². The van der Waals surface area contributed by atoms with Crippen molar-refractivity contribution in [2.75, 3.05) is 7.11 Å². The molecule has 0 fully saturated rings. The summed E-state index contributed by atoms with van der Waals surface area (Å²) in [4.78, 5) is 24.3. The molecule has 0 aromatic heterocycles. The van der Waals surface area contributed by atoms with Gasteiger partial charge in [0.15, 0.2) is 0 Å². The van der Waals surface area contributed by atoms with Crippen LogP contribution in [0.1, 0.15) is 15.9 Å². The monoisotopic (exact) mass is 487 g/mol. The van der Waals surface area contributed by atoms with Crippen LogP contribution in [0.4, 0.5) is 0 Å². The van der Waals surface area contributed by atoms with Gasteiger partial charge in [-0.05, 0) is 58.5 Å². The van der Waals surface area contributed by atoms with Gasteiger partial charge in [0.05, 0.1) is 7.11 Å². The van der Waals surface area contributed by atoms with Gasteiger partial charge >= 0.3 is 5.97 Å². The highest BCUT2D eigenvalue weighted by Gasteiger charge is 2.22. The first-order chi connectivity index (χ1) is 11.0. The summed E-state index contributed by atoms with van der Waals surface area (Å²) in [6, 6.07) is 14.1. The van der Waals surface area contributed by atoms with Crippen LogP contribution in [0.5, 0.6) is 0 Å². The van der Waals surface area contributed by atoms with Crippen molar-refractivity contribution in [1.82, 2.24) is 5.32 Å². The molecule has 1 N–H and O–H groups in total. The highest BCUT2D eigenvalue weighted by atomic mass is 127. The number of ether oxygens (including phenoxy) is 1. The van der Waals surface area contributed by atoms with Crippen molar-refractivity contribution < 1.29 is 14.3 Å². The van der Waals surface area contributed by atoms with E-state index in [1.165, 1.54) is 7.11 Å². The number of carbonyl (C=O) groups is 2. The Morgan fingerprint density at radius 1 is 1.22 bits per heavy atom. The highest BCUT2D eigenvalue weighted by Crippen LogP contribution is 2.13. The first kappa shape index (κ1) is 17.9. The first-order valence-corrected chi connectivity index (χ1v) is 8.75. The Morgan fingerprint density at radius 3 is 2.52 bits per heavy atom. The second kappa shape index (κ2) is 8.44. The van der Waals surface area contributed by atoms with Crippen LogP contribution in [0.2, 0.25) is 0 Å². The minimum absolute atomic E-state index is 0.313. The minimum atomic E-state index is -0.730. The van der Waals surface area contributed by atoms with Crippen LogP contribution in [0, 0.1) is 3.57 Å². The SMILES string of the molecule is COC(=O)[C@H](Cc1ccc(I)cc1)NC(=O)c1cccc(Br)c1. The molecule has 6 heteroatoms. The van der Waals surface area contributed by atoms with Gasteiger partial charge in [0.25, 0.3) is 5.91 Å². The van der Waals surface area contributed by atoms with Crippen molar-refractivity contribution in [3.8, 4) is 0 Å². The van der Waals surface area contributed by atoms with E-state index in [4.69, 9.17) is 4.74 Å². The van der Waals surface area contributed by atoms with Gasteiger partial charge in [-0.15, -0.1) is 0 Å². The fraction of sp³-hybridized carbons (Fsp3) is 0.176. The van der Waals surface area contributed by atoms with Crippen LogP contribution in [0.15, 0.2) is 53.0 Å². The predicted octanol–water partition coefficient (Wildman–Crippen LogP) is 3.57. The van der Waals surface area contributed by atoms with E-state index in [0.717, 1.165) is 13.6 Å². The summed E-state index contributed by atoms with van der Waals surface area (Å²) in [7, 11) is 1.31. The number of methoxy groups -OCH3 is 1. The number of hydrogen-bond acceptors (Lipinski definition) is 3. The van der Waals surface area contributed by atoms with E-state index in [0.29, 0.717) is 12.0 Å². The summed E-state index contributed by atoms with van der Waals surface area (Å²) in [6.45, 7) is 0. The van der Waals surface area contributed by atoms with Gasteiger partial charge in [-0.3, -0.25) is 4.79 Å². The van der Waals surface area contributed by atoms with E-state index in [2.05, 4.69) is 43.8 Å². The van der Waals surface area contributed by atoms with Crippen LogP contribution in [0.25, 0.3) is 0 Å². The number of benzene rings is 2. The lowest BCUT2D eigenvalue weighted by molar-refractivity contribution is -0.142. The molecule has 0 aliphatic rings. The van der Waals surface area contributed by atoms with Crippen LogP contribution >= 0.6 is 38.5 Å². The van der Waals surface area contributed by atoms with Gasteiger partial charge < -0.3 is 10.1 Å². The number of amides is 1. The van der Waals surface area contributed by atoms with Crippen molar-refractivity contribution in [3.05, 3.63) is 67.7 Å². The number of halogens is 2. The molecule has 4 nitrogen and oxygen atoms in total. The third-order valence-corrected chi connectivity index (χ3v) is 4.44. The summed E-state index contributed by atoms with van der Waals surface area (Å²) in [5.74, 6) is -0.779. The zero-order valence-corrected chi connectivity index (χ0v) is 16.1. The summed E-state index contributed by atoms with van der Waals surface area (Å²) in [6.07, 6.45) is 0.378. The predicted molar refractivity (Wildman–Crippen MR) is 100 cm³/mol. The standard InChI is InChI=1S/C17H15BrINO3/c1-23-17(22)15(9-11-5-7-14(19)8-6-11)20-16(21)12-3-2-4-13(18)10-12/h2-8,10,15H,9H2,1H3,(H,20,21)/t15-/m0/s1. The van der Waals surface area contributed by atoms with Crippen molar-refractivity contribution in [3.63, 3.8) is 0 Å². The topological polar surface area (TPSA) is 55.4 Å². The largest absolute Gasteiger partial charge is 0.467 e. The third kappa shape index (κ3) is 5.31. The van der Waals surface area contributed by atoms with E-state index in [1.807, 2.05) is 30.3 Å². The van der Waals surface area contributed by atoms with Gasteiger partial charge in [0.2, 0.25) is 0 Å². The average Bonchev–Trinajstić information content (AvgIpc) is 2.55. The average molecular weight is 488 g/mol. The molecule has 23 heavy (non-hydrogen) atoms. The van der Waals surface area contributed by atoms with E-state index in [1.54, 1.807) is 18.2 Å². The second-order valence-corrected chi connectivity index (χ2v) is 7.05. The smallest absolute Gasteiger partial charge is 0.328 e. The molecule has 0 radical (unpaired) electrons. The fourth-order valence-corrected chi connectivity index (χ4v) is 2.82. The van der Waals surface area contributed by atoms with Crippen molar-refractivity contribution >= 4 is 50.4 Å². The molecule has 1 atom stereocenters. The maximum Gasteiger partial charge on any atom is 0.328 e. The Balaban J connectivity index is 2.13. The lowest BCUT2D eigenvalue weighted by Gasteiger charge is -2.17. The minimum Gasteiger partial charge on any atom is -0.467 e. The second-order valence-electron chi connectivity index (χ2n) is 4.89. The molecule has 0 saturated heterocycles. The van der Waals surface area contributed by atoms with Gasteiger partial charge in [-0.1, -0.05) is 34.1 Å². The van der Waals surface area contributed by atoms with Crippen LogP contribution in [-0.2, 0) is 16.0 Å². The summed E-state index contributed by atoms with van der Waals surface area (Å²) >= 11 is 5.54. The van der Waals surface area contributed by atoms with E-state index >= 15 is 0 Å². The Bertz CT molecular complexity index is 703. The van der Waals surface area contributed by atoms with E-state index in [-0.39, 0.29) is 5.91 Å². The molecule has 2 aromatic carbocycles. The van der Waals surface area contributed by atoms with Crippen LogP contribution < -0.4 is 5.32 Å². The first-order valence-electron chi connectivity index (χ1n) is 6.88. The molecule has 0 saturated carbocycles. The molecule has 120 valence electrons. The Hall–Kier alpha value is -1.41. The normalized spacial score (nSPS) is 11.6. The zero-order chi connectivity index (χ0) is 16.8. The third-order valence-electron chi connectivity index (χ3n) is 3.23. The molecule has 2 rings (SSSR count). The molecular weight excluding hydrogens is 473 g/mol. The van der Waals surface area contributed by atoms with Gasteiger partial charge in [-0.25, -0.2) is 4.79 Å². The zero-order valence-electron chi connectivity index (χ0n) is 12.4. The molecule has 2 aromatic rings. The number of rotatable bonds is 5. The molecule has 1 amide bonds. The van der Waals surface area contributed by atoms with Gasteiger partial charge in [0, 0.05) is 20.0 Å². The summed E-state index contributed by atoms with van der Waals surface area (Å²) < 4.78 is 6.72. The molecule has 0 heterocycles. The number of carbonyl (C=O) groups excluding carboxylic acids is 2. The van der Waals surface area contributed by atoms with E-state index in [9.17, 15) is 9.59 Å². The fourth-order valence-electron chi connectivity index (χ4n) is 2.06. The molecule has 0 spiro atoms. The van der Waals surface area contributed by atoms with Crippen molar-refractivity contribution in [1.29, 1.82) is 0 Å². The lowest BCUT2D eigenvalue weighted by atomic mass is 10.1. The highest BCUT2D eigenvalue weighted by molar-refractivity contribution is 14.1. The van der Waals surface area contributed by atoms with Crippen LogP contribution in [0.3, 0.4) is 0 Å².